The molecule has 0 aliphatic heterocycles. The molecule has 1 N–H and O–H groups in total. The summed E-state index contributed by atoms with van der Waals surface area (Å²) >= 11 is 12.0. The molecule has 2 nitrogen and oxygen atoms in total. The van der Waals surface area contributed by atoms with Crippen molar-refractivity contribution in [2.45, 2.75) is 38.4 Å². The Balaban J connectivity index is 2.24. The Bertz CT molecular complexity index is 502. The monoisotopic (exact) mass is 285 g/mol. The van der Waals surface area contributed by atoms with Crippen molar-refractivity contribution in [2.75, 3.05) is 5.32 Å². The summed E-state index contributed by atoms with van der Waals surface area (Å²) in [4.78, 5) is 12.2. The minimum Gasteiger partial charge on any atom is -0.325 e. The van der Waals surface area contributed by atoms with Gasteiger partial charge in [-0.2, -0.15) is 0 Å². The molecule has 1 fully saturated rings. The summed E-state index contributed by atoms with van der Waals surface area (Å²) in [5.41, 5.74) is 3.48. The highest BCUT2D eigenvalue weighted by molar-refractivity contribution is 6.53. The fourth-order valence-corrected chi connectivity index (χ4v) is 2.98. The van der Waals surface area contributed by atoms with Gasteiger partial charge in [-0.25, -0.2) is 0 Å². The number of hydrogen-bond acceptors (Lipinski definition) is 1. The van der Waals surface area contributed by atoms with Gasteiger partial charge in [-0.15, -0.1) is 23.2 Å². The van der Waals surface area contributed by atoms with E-state index in [1.807, 2.05) is 32.9 Å². The van der Waals surface area contributed by atoms with Gasteiger partial charge in [0.05, 0.1) is 5.41 Å². The van der Waals surface area contributed by atoms with Crippen LogP contribution in [-0.4, -0.2) is 10.2 Å². The summed E-state index contributed by atoms with van der Waals surface area (Å²) in [5, 5.41) is 2.96. The molecule has 1 atom stereocenters. The van der Waals surface area contributed by atoms with Crippen molar-refractivity contribution < 1.29 is 4.79 Å². The third kappa shape index (κ3) is 2.12. The van der Waals surface area contributed by atoms with Crippen LogP contribution in [0.1, 0.15) is 30.0 Å². The highest BCUT2D eigenvalue weighted by Crippen LogP contribution is 2.64. The molecular weight excluding hydrogens is 269 g/mol. The molecule has 4 heteroatoms. The molecule has 1 aliphatic carbocycles. The predicted molar refractivity (Wildman–Crippen MR) is 76.4 cm³/mol. The zero-order chi connectivity index (χ0) is 13.7. The van der Waals surface area contributed by atoms with E-state index in [-0.39, 0.29) is 5.91 Å². The topological polar surface area (TPSA) is 29.1 Å². The van der Waals surface area contributed by atoms with Gasteiger partial charge in [-0.05, 0) is 45.2 Å². The number of rotatable bonds is 2. The van der Waals surface area contributed by atoms with Crippen molar-refractivity contribution in [1.29, 1.82) is 0 Å². The lowest BCUT2D eigenvalue weighted by Gasteiger charge is -2.16. The number of anilines is 1. The molecule has 1 aromatic rings. The molecule has 1 unspecified atom stereocenters. The van der Waals surface area contributed by atoms with Crippen molar-refractivity contribution in [3.8, 4) is 0 Å². The molecule has 1 aliphatic rings. The molecule has 1 saturated carbocycles. The van der Waals surface area contributed by atoms with E-state index in [0.717, 1.165) is 16.8 Å². The van der Waals surface area contributed by atoms with Crippen LogP contribution in [0.2, 0.25) is 0 Å². The predicted octanol–water partition coefficient (Wildman–Crippen LogP) is 4.13. The third-order valence-corrected chi connectivity index (χ3v) is 4.78. The van der Waals surface area contributed by atoms with Gasteiger partial charge in [0.15, 0.2) is 0 Å². The summed E-state index contributed by atoms with van der Waals surface area (Å²) in [6.45, 7) is 7.80. The lowest BCUT2D eigenvalue weighted by molar-refractivity contribution is -0.120. The van der Waals surface area contributed by atoms with Gasteiger partial charge in [0, 0.05) is 5.69 Å². The van der Waals surface area contributed by atoms with Gasteiger partial charge in [0.1, 0.15) is 4.33 Å². The van der Waals surface area contributed by atoms with E-state index in [4.69, 9.17) is 23.2 Å². The Hall–Kier alpha value is -0.730. The van der Waals surface area contributed by atoms with E-state index in [2.05, 4.69) is 5.32 Å². The molecule has 2 rings (SSSR count). The van der Waals surface area contributed by atoms with Gasteiger partial charge in [0.2, 0.25) is 5.91 Å². The largest absolute Gasteiger partial charge is 0.325 e. The van der Waals surface area contributed by atoms with Gasteiger partial charge in [-0.1, -0.05) is 17.7 Å². The van der Waals surface area contributed by atoms with Gasteiger partial charge < -0.3 is 5.32 Å². The van der Waals surface area contributed by atoms with Crippen LogP contribution in [0.15, 0.2) is 12.1 Å². The highest BCUT2D eigenvalue weighted by Gasteiger charge is 2.67. The first kappa shape index (κ1) is 13.7. The summed E-state index contributed by atoms with van der Waals surface area (Å²) < 4.78 is -0.927. The van der Waals surface area contributed by atoms with Crippen LogP contribution < -0.4 is 5.32 Å². The first-order chi connectivity index (χ1) is 8.17. The maximum atomic E-state index is 12.2. The van der Waals surface area contributed by atoms with E-state index >= 15 is 0 Å². The van der Waals surface area contributed by atoms with Crippen molar-refractivity contribution in [3.05, 3.63) is 28.8 Å². The number of aryl methyl sites for hydroxylation is 3. The normalized spacial score (nSPS) is 24.8. The average Bonchev–Trinajstić information content (AvgIpc) is 2.73. The Labute approximate surface area is 118 Å². The molecule has 0 radical (unpaired) electrons. The van der Waals surface area contributed by atoms with E-state index in [1.54, 1.807) is 6.92 Å². The molecule has 0 bridgehead atoms. The van der Waals surface area contributed by atoms with Crippen LogP contribution in [0.3, 0.4) is 0 Å². The molecule has 0 aromatic heterocycles. The Morgan fingerprint density at radius 1 is 1.22 bits per heavy atom. The highest BCUT2D eigenvalue weighted by atomic mass is 35.5. The lowest BCUT2D eigenvalue weighted by Crippen LogP contribution is -2.26. The molecule has 18 heavy (non-hydrogen) atoms. The van der Waals surface area contributed by atoms with Crippen molar-refractivity contribution in [3.63, 3.8) is 0 Å². The number of alkyl halides is 2. The minimum atomic E-state index is -0.927. The van der Waals surface area contributed by atoms with E-state index in [1.165, 1.54) is 5.56 Å². The summed E-state index contributed by atoms with van der Waals surface area (Å²) in [6.07, 6.45) is 0.499. The summed E-state index contributed by atoms with van der Waals surface area (Å²) in [7, 11) is 0. The van der Waals surface area contributed by atoms with Gasteiger partial charge >= 0.3 is 0 Å². The third-order valence-electron chi connectivity index (χ3n) is 3.67. The molecule has 1 aromatic carbocycles. The van der Waals surface area contributed by atoms with Crippen LogP contribution >= 0.6 is 23.2 Å². The molecule has 98 valence electrons. The Kier molecular flexibility index (Phi) is 3.15. The Morgan fingerprint density at radius 3 is 2.06 bits per heavy atom. The summed E-state index contributed by atoms with van der Waals surface area (Å²) in [5.74, 6) is -0.109. The second-order valence-electron chi connectivity index (χ2n) is 5.44. The van der Waals surface area contributed by atoms with Gasteiger partial charge in [0.25, 0.3) is 0 Å². The van der Waals surface area contributed by atoms with Crippen LogP contribution in [0.5, 0.6) is 0 Å². The van der Waals surface area contributed by atoms with Crippen molar-refractivity contribution in [2.24, 2.45) is 5.41 Å². The number of benzene rings is 1. The first-order valence-corrected chi connectivity index (χ1v) is 6.70. The van der Waals surface area contributed by atoms with Crippen molar-refractivity contribution in [1.82, 2.24) is 0 Å². The Morgan fingerprint density at radius 2 is 1.67 bits per heavy atom. The number of carbonyl (C=O) groups excluding carboxylic acids is 1. The van der Waals surface area contributed by atoms with Crippen LogP contribution in [-0.2, 0) is 4.79 Å². The van der Waals surface area contributed by atoms with Crippen LogP contribution in [0.25, 0.3) is 0 Å². The second-order valence-corrected chi connectivity index (χ2v) is 6.93. The van der Waals surface area contributed by atoms with E-state index in [0.29, 0.717) is 6.42 Å². The number of hydrogen-bond donors (Lipinski definition) is 1. The number of amides is 1. The van der Waals surface area contributed by atoms with E-state index < -0.39 is 9.75 Å². The quantitative estimate of drug-likeness (QED) is 0.814. The van der Waals surface area contributed by atoms with Gasteiger partial charge in [-0.3, -0.25) is 4.79 Å². The first-order valence-electron chi connectivity index (χ1n) is 5.94. The SMILES string of the molecule is Cc1cc(C)c(NC(=O)C2(C)CC2(Cl)Cl)c(C)c1. The zero-order valence-corrected chi connectivity index (χ0v) is 12.5. The molecular formula is C14H17Cl2NO. The van der Waals surface area contributed by atoms with E-state index in [9.17, 15) is 4.79 Å². The molecule has 0 saturated heterocycles. The maximum Gasteiger partial charge on any atom is 0.233 e. The second kappa shape index (κ2) is 4.14. The van der Waals surface area contributed by atoms with Crippen LogP contribution in [0.4, 0.5) is 5.69 Å². The number of halogens is 2. The molecule has 1 amide bonds. The minimum absolute atomic E-state index is 0.109. The van der Waals surface area contributed by atoms with Crippen molar-refractivity contribution >= 4 is 34.8 Å². The zero-order valence-electron chi connectivity index (χ0n) is 11.0. The number of carbonyl (C=O) groups is 1. The summed E-state index contributed by atoms with van der Waals surface area (Å²) in [6, 6.07) is 4.10. The average molecular weight is 286 g/mol. The fourth-order valence-electron chi connectivity index (χ4n) is 2.27. The number of nitrogens with one attached hydrogen (secondary N) is 1. The fraction of sp³-hybridized carbons (Fsp3) is 0.500. The molecule has 0 heterocycles. The molecule has 0 spiro atoms. The lowest BCUT2D eigenvalue weighted by atomic mass is 10.0. The smallest absolute Gasteiger partial charge is 0.233 e. The van der Waals surface area contributed by atoms with Crippen LogP contribution in [0, 0.1) is 26.2 Å². The maximum absolute atomic E-state index is 12.2. The standard InChI is InChI=1S/C14H17Cl2NO/c1-8-5-9(2)11(10(3)6-8)17-12(18)13(4)7-14(13,15)16/h5-6H,7H2,1-4H3,(H,17,18).